The number of pyridine rings is 2. The monoisotopic (exact) mass is 270 g/mol. The SMILES string of the molecule is Cc1ccc2[nH]c(=O)c(C#N)c(N3CCOCC3)c2n1. The second-order valence-electron chi connectivity index (χ2n) is 4.74. The van der Waals surface area contributed by atoms with Crippen LogP contribution in [0.15, 0.2) is 16.9 Å². The van der Waals surface area contributed by atoms with Crippen LogP contribution in [0.4, 0.5) is 5.69 Å². The van der Waals surface area contributed by atoms with E-state index in [1.54, 1.807) is 0 Å². The maximum absolute atomic E-state index is 12.0. The summed E-state index contributed by atoms with van der Waals surface area (Å²) >= 11 is 0. The molecule has 20 heavy (non-hydrogen) atoms. The van der Waals surface area contributed by atoms with Gasteiger partial charge in [0.1, 0.15) is 17.1 Å². The molecule has 102 valence electrons. The molecule has 1 N–H and O–H groups in total. The van der Waals surface area contributed by atoms with Crippen molar-refractivity contribution in [3.05, 3.63) is 33.7 Å². The molecule has 0 aromatic carbocycles. The number of rotatable bonds is 1. The van der Waals surface area contributed by atoms with Gasteiger partial charge in [0.15, 0.2) is 0 Å². The highest BCUT2D eigenvalue weighted by molar-refractivity contribution is 5.91. The molecule has 6 nitrogen and oxygen atoms in total. The molecular formula is C14H14N4O2. The van der Waals surface area contributed by atoms with E-state index in [-0.39, 0.29) is 11.1 Å². The number of ether oxygens (including phenoxy) is 1. The molecule has 0 atom stereocenters. The Labute approximate surface area is 115 Å². The minimum atomic E-state index is -0.368. The van der Waals surface area contributed by atoms with Crippen LogP contribution in [0.2, 0.25) is 0 Å². The number of nitriles is 1. The first-order valence-corrected chi connectivity index (χ1v) is 6.47. The molecule has 3 heterocycles. The van der Waals surface area contributed by atoms with Crippen LogP contribution in [-0.2, 0) is 4.74 Å². The summed E-state index contributed by atoms with van der Waals surface area (Å²) in [5, 5.41) is 9.30. The molecule has 0 amide bonds. The Morgan fingerprint density at radius 3 is 2.85 bits per heavy atom. The second kappa shape index (κ2) is 4.94. The lowest BCUT2D eigenvalue weighted by molar-refractivity contribution is 0.123. The van der Waals surface area contributed by atoms with Gasteiger partial charge < -0.3 is 14.6 Å². The average Bonchev–Trinajstić information content (AvgIpc) is 2.47. The van der Waals surface area contributed by atoms with Gasteiger partial charge >= 0.3 is 0 Å². The molecule has 0 saturated carbocycles. The van der Waals surface area contributed by atoms with Crippen molar-refractivity contribution in [3.8, 4) is 6.07 Å². The third-order valence-corrected chi connectivity index (χ3v) is 3.41. The molecule has 0 unspecified atom stereocenters. The molecular weight excluding hydrogens is 256 g/mol. The zero-order valence-corrected chi connectivity index (χ0v) is 11.1. The number of aromatic nitrogens is 2. The normalized spacial score (nSPS) is 15.3. The maximum Gasteiger partial charge on any atom is 0.268 e. The number of aryl methyl sites for hydroxylation is 1. The van der Waals surface area contributed by atoms with E-state index < -0.39 is 0 Å². The Balaban J connectivity index is 2.32. The van der Waals surface area contributed by atoms with Crippen molar-refractivity contribution in [2.75, 3.05) is 31.2 Å². The minimum Gasteiger partial charge on any atom is -0.378 e. The third kappa shape index (κ3) is 2.02. The quantitative estimate of drug-likeness (QED) is 0.834. The van der Waals surface area contributed by atoms with Crippen LogP contribution in [0.25, 0.3) is 11.0 Å². The van der Waals surface area contributed by atoms with Crippen molar-refractivity contribution in [1.29, 1.82) is 5.26 Å². The first-order chi connectivity index (χ1) is 9.70. The van der Waals surface area contributed by atoms with Crippen LogP contribution in [0, 0.1) is 18.3 Å². The average molecular weight is 270 g/mol. The second-order valence-corrected chi connectivity index (χ2v) is 4.74. The van der Waals surface area contributed by atoms with E-state index in [9.17, 15) is 10.1 Å². The van der Waals surface area contributed by atoms with E-state index in [0.29, 0.717) is 43.0 Å². The highest BCUT2D eigenvalue weighted by atomic mass is 16.5. The first kappa shape index (κ1) is 12.6. The van der Waals surface area contributed by atoms with Gasteiger partial charge in [0.2, 0.25) is 0 Å². The summed E-state index contributed by atoms with van der Waals surface area (Å²) in [5.41, 5.74) is 2.55. The predicted molar refractivity (Wildman–Crippen MR) is 74.8 cm³/mol. The molecule has 1 fully saturated rings. The van der Waals surface area contributed by atoms with E-state index in [1.807, 2.05) is 30.0 Å². The molecule has 0 bridgehead atoms. The Bertz CT molecular complexity index is 754. The van der Waals surface area contributed by atoms with Gasteiger partial charge in [0.25, 0.3) is 5.56 Å². The number of anilines is 1. The number of nitrogens with one attached hydrogen (secondary N) is 1. The summed E-state index contributed by atoms with van der Waals surface area (Å²) in [5.74, 6) is 0. The fraction of sp³-hybridized carbons (Fsp3) is 0.357. The number of aromatic amines is 1. The number of hydrogen-bond acceptors (Lipinski definition) is 5. The van der Waals surface area contributed by atoms with Gasteiger partial charge in [-0.15, -0.1) is 0 Å². The van der Waals surface area contributed by atoms with Crippen molar-refractivity contribution >= 4 is 16.7 Å². The summed E-state index contributed by atoms with van der Waals surface area (Å²) in [6, 6.07) is 5.67. The molecule has 1 saturated heterocycles. The summed E-state index contributed by atoms with van der Waals surface area (Å²) in [6.07, 6.45) is 0. The van der Waals surface area contributed by atoms with E-state index in [4.69, 9.17) is 4.74 Å². The molecule has 2 aromatic rings. The number of nitrogens with zero attached hydrogens (tertiary/aromatic N) is 3. The molecule has 0 spiro atoms. The van der Waals surface area contributed by atoms with Crippen LogP contribution >= 0.6 is 0 Å². The minimum absolute atomic E-state index is 0.123. The molecule has 2 aromatic heterocycles. The number of morpholine rings is 1. The summed E-state index contributed by atoms with van der Waals surface area (Å²) in [4.78, 5) is 21.3. The van der Waals surface area contributed by atoms with E-state index in [1.165, 1.54) is 0 Å². The molecule has 3 rings (SSSR count). The van der Waals surface area contributed by atoms with Gasteiger partial charge in [-0.1, -0.05) is 0 Å². The standard InChI is InChI=1S/C14H14N4O2/c1-9-2-3-11-12(16-9)13(10(8-15)14(19)17-11)18-4-6-20-7-5-18/h2-3H,4-7H2,1H3,(H,17,19). The highest BCUT2D eigenvalue weighted by Crippen LogP contribution is 2.26. The number of fused-ring (bicyclic) bond motifs is 1. The zero-order valence-electron chi connectivity index (χ0n) is 11.1. The van der Waals surface area contributed by atoms with Crippen LogP contribution in [-0.4, -0.2) is 36.3 Å². The third-order valence-electron chi connectivity index (χ3n) is 3.41. The van der Waals surface area contributed by atoms with Crippen molar-refractivity contribution < 1.29 is 4.74 Å². The summed E-state index contributed by atoms with van der Waals surface area (Å²) in [7, 11) is 0. The fourth-order valence-electron chi connectivity index (χ4n) is 2.45. The maximum atomic E-state index is 12.0. The Morgan fingerprint density at radius 2 is 2.15 bits per heavy atom. The van der Waals surface area contributed by atoms with Gasteiger partial charge in [-0.05, 0) is 19.1 Å². The molecule has 6 heteroatoms. The Morgan fingerprint density at radius 1 is 1.40 bits per heavy atom. The van der Waals surface area contributed by atoms with Gasteiger partial charge in [-0.2, -0.15) is 5.26 Å². The van der Waals surface area contributed by atoms with Crippen LogP contribution in [0.5, 0.6) is 0 Å². The van der Waals surface area contributed by atoms with Gasteiger partial charge in [-0.3, -0.25) is 4.79 Å². The summed E-state index contributed by atoms with van der Waals surface area (Å²) in [6.45, 7) is 4.38. The lowest BCUT2D eigenvalue weighted by atomic mass is 10.1. The van der Waals surface area contributed by atoms with E-state index >= 15 is 0 Å². The molecule has 1 aliphatic heterocycles. The van der Waals surface area contributed by atoms with Crippen molar-refractivity contribution in [3.63, 3.8) is 0 Å². The zero-order chi connectivity index (χ0) is 14.1. The summed E-state index contributed by atoms with van der Waals surface area (Å²) < 4.78 is 5.33. The molecule has 1 aliphatic rings. The van der Waals surface area contributed by atoms with Gasteiger partial charge in [0, 0.05) is 18.8 Å². The van der Waals surface area contributed by atoms with E-state index in [2.05, 4.69) is 9.97 Å². The first-order valence-electron chi connectivity index (χ1n) is 6.47. The van der Waals surface area contributed by atoms with Crippen molar-refractivity contribution in [2.45, 2.75) is 6.92 Å². The van der Waals surface area contributed by atoms with Crippen molar-refractivity contribution in [2.24, 2.45) is 0 Å². The Hall–Kier alpha value is -2.39. The molecule has 0 aliphatic carbocycles. The van der Waals surface area contributed by atoms with Crippen LogP contribution in [0.3, 0.4) is 0 Å². The lowest BCUT2D eigenvalue weighted by Gasteiger charge is -2.29. The van der Waals surface area contributed by atoms with Gasteiger partial charge in [-0.25, -0.2) is 4.98 Å². The molecule has 0 radical (unpaired) electrons. The largest absolute Gasteiger partial charge is 0.378 e. The predicted octanol–water partition coefficient (Wildman–Crippen LogP) is 0.940. The highest BCUT2D eigenvalue weighted by Gasteiger charge is 2.21. The number of hydrogen-bond donors (Lipinski definition) is 1. The Kier molecular flexibility index (Phi) is 3.12. The lowest BCUT2D eigenvalue weighted by Crippen LogP contribution is -2.38. The topological polar surface area (TPSA) is 82.0 Å². The van der Waals surface area contributed by atoms with Crippen molar-refractivity contribution in [1.82, 2.24) is 9.97 Å². The number of H-pyrrole nitrogens is 1. The smallest absolute Gasteiger partial charge is 0.268 e. The fourth-order valence-corrected chi connectivity index (χ4v) is 2.45. The van der Waals surface area contributed by atoms with E-state index in [0.717, 1.165) is 5.69 Å². The van der Waals surface area contributed by atoms with Crippen LogP contribution in [0.1, 0.15) is 11.3 Å². The van der Waals surface area contributed by atoms with Crippen LogP contribution < -0.4 is 10.5 Å². The van der Waals surface area contributed by atoms with Gasteiger partial charge in [0.05, 0.1) is 24.4 Å².